The van der Waals surface area contributed by atoms with Crippen LogP contribution in [0.4, 0.5) is 11.4 Å². The molecule has 2 aliphatic rings. The Morgan fingerprint density at radius 1 is 1.23 bits per heavy atom. The molecule has 7 nitrogen and oxygen atoms in total. The number of rotatable bonds is 4. The van der Waals surface area contributed by atoms with Crippen molar-refractivity contribution in [1.82, 2.24) is 9.88 Å². The van der Waals surface area contributed by atoms with Crippen LogP contribution >= 0.6 is 11.6 Å². The van der Waals surface area contributed by atoms with Gasteiger partial charge in [-0.05, 0) is 44.9 Å². The Morgan fingerprint density at radius 2 is 1.97 bits per heavy atom. The minimum Gasteiger partial charge on any atom is -0.381 e. The van der Waals surface area contributed by atoms with Crippen LogP contribution < -0.4 is 11.1 Å². The van der Waals surface area contributed by atoms with E-state index in [1.54, 1.807) is 11.1 Å². The summed E-state index contributed by atoms with van der Waals surface area (Å²) >= 11 is 6.78. The van der Waals surface area contributed by atoms with Crippen LogP contribution in [0.3, 0.4) is 0 Å². The van der Waals surface area contributed by atoms with Crippen molar-refractivity contribution in [3.05, 3.63) is 52.8 Å². The number of amides is 1. The van der Waals surface area contributed by atoms with Gasteiger partial charge in [-0.1, -0.05) is 23.7 Å². The Kier molecular flexibility index (Phi) is 5.66. The van der Waals surface area contributed by atoms with E-state index in [4.69, 9.17) is 27.1 Å². The van der Waals surface area contributed by atoms with Crippen molar-refractivity contribution in [3.8, 4) is 0 Å². The first-order valence-electron chi connectivity index (χ1n) is 10.1. The number of anilines is 2. The molecule has 0 radical (unpaired) electrons. The molecule has 2 aliphatic heterocycles. The number of benzene rings is 1. The molecule has 30 heavy (non-hydrogen) atoms. The van der Waals surface area contributed by atoms with E-state index in [0.717, 1.165) is 35.5 Å². The third-order valence-corrected chi connectivity index (χ3v) is 6.19. The summed E-state index contributed by atoms with van der Waals surface area (Å²) in [5.41, 5.74) is 8.70. The monoisotopic (exact) mass is 427 g/mol. The first-order chi connectivity index (χ1) is 14.4. The maximum Gasteiger partial charge on any atom is 0.232 e. The molecule has 0 unspecified atom stereocenters. The number of guanidine groups is 1. The number of nitrogens with two attached hydrogens (primary N) is 1. The molecule has 0 spiro atoms. The van der Waals surface area contributed by atoms with Crippen LogP contribution in [0, 0.1) is 6.92 Å². The van der Waals surface area contributed by atoms with Gasteiger partial charge < -0.3 is 15.8 Å². The van der Waals surface area contributed by atoms with Crippen LogP contribution in [0.1, 0.15) is 37.4 Å². The first kappa shape index (κ1) is 20.6. The van der Waals surface area contributed by atoms with E-state index in [2.05, 4.69) is 10.3 Å². The molecule has 0 bridgehead atoms. The molecule has 8 heteroatoms. The summed E-state index contributed by atoms with van der Waals surface area (Å²) in [7, 11) is 0. The minimum atomic E-state index is -0.832. The Hall–Kier alpha value is -2.64. The highest BCUT2D eigenvalue weighted by molar-refractivity contribution is 6.34. The molecule has 2 aromatic rings. The summed E-state index contributed by atoms with van der Waals surface area (Å²) in [4.78, 5) is 23.8. The number of hydrogen-bond acceptors (Lipinski definition) is 6. The molecule has 1 atom stereocenters. The van der Waals surface area contributed by atoms with Gasteiger partial charge in [0, 0.05) is 31.0 Å². The van der Waals surface area contributed by atoms with Gasteiger partial charge in [0.05, 0.1) is 34.1 Å². The number of hydrogen-bond donors (Lipinski definition) is 2. The predicted molar refractivity (Wildman–Crippen MR) is 118 cm³/mol. The topological polar surface area (TPSA) is 92.8 Å². The number of pyridine rings is 1. The molecule has 1 aromatic carbocycles. The average Bonchev–Trinajstić information content (AvgIpc) is 2.71. The van der Waals surface area contributed by atoms with E-state index < -0.39 is 5.54 Å². The molecule has 0 aliphatic carbocycles. The van der Waals surface area contributed by atoms with Crippen LogP contribution in [0.15, 0.2) is 41.5 Å². The van der Waals surface area contributed by atoms with Crippen LogP contribution in [0.5, 0.6) is 0 Å². The van der Waals surface area contributed by atoms with Crippen LogP contribution in [0.2, 0.25) is 5.02 Å². The number of aliphatic imine (C=N–C) groups is 1. The fourth-order valence-electron chi connectivity index (χ4n) is 4.15. The van der Waals surface area contributed by atoms with E-state index in [9.17, 15) is 4.79 Å². The molecule has 4 rings (SSSR count). The lowest BCUT2D eigenvalue weighted by Crippen LogP contribution is -2.55. The summed E-state index contributed by atoms with van der Waals surface area (Å²) < 4.78 is 5.41. The van der Waals surface area contributed by atoms with Crippen molar-refractivity contribution in [3.63, 3.8) is 0 Å². The van der Waals surface area contributed by atoms with Crippen molar-refractivity contribution in [2.75, 3.05) is 18.5 Å². The van der Waals surface area contributed by atoms with Gasteiger partial charge >= 0.3 is 0 Å². The van der Waals surface area contributed by atoms with Gasteiger partial charge in [-0.3, -0.25) is 14.7 Å². The highest BCUT2D eigenvalue weighted by Gasteiger charge is 2.41. The second kappa shape index (κ2) is 8.24. The zero-order chi connectivity index (χ0) is 21.3. The molecular formula is C22H26ClN5O2. The Labute approximate surface area is 181 Å². The molecule has 1 amide bonds. The number of carbonyl (C=O) groups excluding carboxylic acids is 1. The number of aromatic nitrogens is 1. The third kappa shape index (κ3) is 3.87. The third-order valence-electron chi connectivity index (χ3n) is 5.78. The zero-order valence-corrected chi connectivity index (χ0v) is 17.9. The highest BCUT2D eigenvalue weighted by Crippen LogP contribution is 2.41. The SMILES string of the molecule is Cc1ncccc1Nc1cccc([C@]2(C)CC(=O)N(C3CCOCC3)C(N)=N2)c1Cl. The second-order valence-electron chi connectivity index (χ2n) is 7.96. The molecule has 0 saturated carbocycles. The summed E-state index contributed by atoms with van der Waals surface area (Å²) in [6, 6.07) is 9.55. The average molecular weight is 428 g/mol. The lowest BCUT2D eigenvalue weighted by atomic mass is 9.86. The summed E-state index contributed by atoms with van der Waals surface area (Å²) in [6.45, 7) is 5.09. The maximum absolute atomic E-state index is 13.1. The number of halogens is 1. The quantitative estimate of drug-likeness (QED) is 0.775. The second-order valence-corrected chi connectivity index (χ2v) is 8.33. The van der Waals surface area contributed by atoms with E-state index >= 15 is 0 Å². The summed E-state index contributed by atoms with van der Waals surface area (Å²) in [5, 5.41) is 3.86. The molecule has 158 valence electrons. The minimum absolute atomic E-state index is 0.0329. The van der Waals surface area contributed by atoms with Crippen molar-refractivity contribution >= 4 is 34.8 Å². The molecule has 1 aromatic heterocycles. The van der Waals surface area contributed by atoms with Crippen molar-refractivity contribution in [2.45, 2.75) is 44.7 Å². The molecule has 1 saturated heterocycles. The number of nitrogens with zero attached hydrogens (tertiary/aromatic N) is 3. The Morgan fingerprint density at radius 3 is 2.67 bits per heavy atom. The van der Waals surface area contributed by atoms with Crippen LogP contribution in [-0.4, -0.2) is 41.0 Å². The highest BCUT2D eigenvalue weighted by atomic mass is 35.5. The number of aryl methyl sites for hydroxylation is 1. The van der Waals surface area contributed by atoms with Gasteiger partial charge in [-0.15, -0.1) is 0 Å². The molecular weight excluding hydrogens is 402 g/mol. The fraction of sp³-hybridized carbons (Fsp3) is 0.409. The van der Waals surface area contributed by atoms with Crippen molar-refractivity contribution in [1.29, 1.82) is 0 Å². The largest absolute Gasteiger partial charge is 0.381 e. The van der Waals surface area contributed by atoms with E-state index in [1.165, 1.54) is 0 Å². The standard InChI is InChI=1S/C22H26ClN5O2/c1-14-17(7-4-10-25-14)26-18-6-3-5-16(20(18)23)22(2)13-19(29)28(21(24)27-22)15-8-11-30-12-9-15/h3-7,10,15,26H,8-9,11-13H2,1-2H3,(H2,24,27)/t22-/m0/s1. The smallest absolute Gasteiger partial charge is 0.232 e. The Bertz CT molecular complexity index is 989. The molecule has 1 fully saturated rings. The summed E-state index contributed by atoms with van der Waals surface area (Å²) in [6.07, 6.45) is 3.49. The first-order valence-corrected chi connectivity index (χ1v) is 10.5. The van der Waals surface area contributed by atoms with Gasteiger partial charge in [-0.25, -0.2) is 4.99 Å². The van der Waals surface area contributed by atoms with Gasteiger partial charge in [0.15, 0.2) is 5.96 Å². The number of nitrogens with one attached hydrogen (secondary N) is 1. The van der Waals surface area contributed by atoms with Gasteiger partial charge in [0.1, 0.15) is 0 Å². The molecule has 3 heterocycles. The predicted octanol–water partition coefficient (Wildman–Crippen LogP) is 3.73. The van der Waals surface area contributed by atoms with E-state index in [-0.39, 0.29) is 24.3 Å². The van der Waals surface area contributed by atoms with Crippen molar-refractivity contribution in [2.24, 2.45) is 10.7 Å². The van der Waals surface area contributed by atoms with E-state index in [0.29, 0.717) is 18.2 Å². The van der Waals surface area contributed by atoms with Gasteiger partial charge in [0.2, 0.25) is 5.91 Å². The van der Waals surface area contributed by atoms with Gasteiger partial charge in [0.25, 0.3) is 0 Å². The van der Waals surface area contributed by atoms with Gasteiger partial charge in [-0.2, -0.15) is 0 Å². The zero-order valence-electron chi connectivity index (χ0n) is 17.2. The molecule has 3 N–H and O–H groups in total. The van der Waals surface area contributed by atoms with E-state index in [1.807, 2.05) is 44.2 Å². The fourth-order valence-corrected chi connectivity index (χ4v) is 4.53. The summed E-state index contributed by atoms with van der Waals surface area (Å²) in [5.74, 6) is 0.215. The lowest BCUT2D eigenvalue weighted by Gasteiger charge is -2.40. The number of ether oxygens (including phenoxy) is 1. The van der Waals surface area contributed by atoms with Crippen LogP contribution in [-0.2, 0) is 15.1 Å². The normalized spacial score (nSPS) is 22.7. The number of carbonyl (C=O) groups is 1. The lowest BCUT2D eigenvalue weighted by molar-refractivity contribution is -0.132. The Balaban J connectivity index is 1.66. The van der Waals surface area contributed by atoms with Crippen LogP contribution in [0.25, 0.3) is 0 Å². The van der Waals surface area contributed by atoms with Crippen molar-refractivity contribution < 1.29 is 9.53 Å². The maximum atomic E-state index is 13.1.